The number of ether oxygens (including phenoxy) is 1. The number of hydrogen-bond acceptors (Lipinski definition) is 11. The van der Waals surface area contributed by atoms with Gasteiger partial charge in [0, 0.05) is 24.4 Å². The molecule has 312 valence electrons. The number of aromatic nitrogens is 2. The van der Waals surface area contributed by atoms with Crippen molar-refractivity contribution in [2.24, 2.45) is 11.8 Å². The van der Waals surface area contributed by atoms with Gasteiger partial charge in [-0.3, -0.25) is 23.9 Å². The van der Waals surface area contributed by atoms with Crippen molar-refractivity contribution in [2.45, 2.75) is 100 Å². The van der Waals surface area contributed by atoms with Crippen LogP contribution in [0.1, 0.15) is 82.4 Å². The number of sulfonamides is 1. The van der Waals surface area contributed by atoms with E-state index in [4.69, 9.17) is 4.74 Å². The van der Waals surface area contributed by atoms with E-state index in [2.05, 4.69) is 39.2 Å². The van der Waals surface area contributed by atoms with Crippen molar-refractivity contribution >= 4 is 33.8 Å². The normalized spacial score (nSPS) is 22.9. The van der Waals surface area contributed by atoms with Crippen molar-refractivity contribution in [1.82, 2.24) is 30.0 Å². The number of nitrogens with one attached hydrogen (secondary N) is 3. The van der Waals surface area contributed by atoms with E-state index in [9.17, 15) is 42.9 Å². The molecule has 2 aromatic carbocycles. The molecule has 4 amide bonds. The number of hydrogen-bond donors (Lipinski definition) is 3. The van der Waals surface area contributed by atoms with Crippen molar-refractivity contribution in [3.05, 3.63) is 88.9 Å². The van der Waals surface area contributed by atoms with Crippen LogP contribution in [0.5, 0.6) is 0 Å². The van der Waals surface area contributed by atoms with Crippen LogP contribution >= 0.6 is 0 Å². The van der Waals surface area contributed by atoms with Crippen molar-refractivity contribution < 1.29 is 32.3 Å². The van der Waals surface area contributed by atoms with Gasteiger partial charge in [0.2, 0.25) is 21.8 Å². The molecule has 17 heteroatoms. The third kappa shape index (κ3) is 8.40. The minimum absolute atomic E-state index is 0.0767. The summed E-state index contributed by atoms with van der Waals surface area (Å²) in [6, 6.07) is 13.8. The maximum absolute atomic E-state index is 14.7. The molecule has 7 rings (SSSR count). The highest BCUT2D eigenvalue weighted by Gasteiger charge is 2.62. The van der Waals surface area contributed by atoms with Crippen LogP contribution in [0.25, 0.3) is 22.3 Å². The first-order valence-electron chi connectivity index (χ1n) is 20.1. The zero-order valence-electron chi connectivity index (χ0n) is 33.3. The molecule has 4 aliphatic rings. The predicted molar refractivity (Wildman–Crippen MR) is 218 cm³/mol. The van der Waals surface area contributed by atoms with Gasteiger partial charge in [-0.1, -0.05) is 44.2 Å². The molecule has 3 aromatic rings. The number of alkyl carbamates (subject to hydrolysis) is 1. The Balaban J connectivity index is 1.25. The van der Waals surface area contributed by atoms with Gasteiger partial charge < -0.3 is 20.3 Å². The lowest BCUT2D eigenvalue weighted by atomic mass is 9.96. The quantitative estimate of drug-likeness (QED) is 0.210. The monoisotopic (exact) mass is 834 g/mol. The first-order chi connectivity index (χ1) is 28.7. The van der Waals surface area contributed by atoms with Crippen LogP contribution in [0, 0.1) is 34.5 Å². The zero-order chi connectivity index (χ0) is 42.9. The summed E-state index contributed by atoms with van der Waals surface area (Å²) in [5.41, 5.74) is 0.304. The highest BCUT2D eigenvalue weighted by Crippen LogP contribution is 2.46. The Hall–Kier alpha value is -6.33. The molecule has 1 saturated heterocycles. The van der Waals surface area contributed by atoms with Gasteiger partial charge in [0.1, 0.15) is 23.7 Å². The molecule has 1 aliphatic heterocycles. The molecular formula is C43H46N8O8S. The van der Waals surface area contributed by atoms with E-state index < -0.39 is 80.1 Å². The van der Waals surface area contributed by atoms with Crippen LogP contribution in [0.3, 0.4) is 0 Å². The van der Waals surface area contributed by atoms with Crippen LogP contribution in [-0.2, 0) is 29.1 Å². The predicted octanol–water partition coefficient (Wildman–Crippen LogP) is 3.83. The fourth-order valence-corrected chi connectivity index (χ4v) is 9.54. The highest BCUT2D eigenvalue weighted by atomic mass is 32.2. The molecule has 0 unspecified atom stereocenters. The van der Waals surface area contributed by atoms with Gasteiger partial charge in [-0.25, -0.2) is 17.9 Å². The average molecular weight is 835 g/mol. The van der Waals surface area contributed by atoms with Crippen LogP contribution in [0.15, 0.2) is 72.2 Å². The van der Waals surface area contributed by atoms with E-state index in [0.717, 1.165) is 12.8 Å². The second-order valence-corrected chi connectivity index (χ2v) is 18.3. The number of benzene rings is 2. The zero-order valence-corrected chi connectivity index (χ0v) is 34.1. The summed E-state index contributed by atoms with van der Waals surface area (Å²) < 4.78 is 34.5. The molecule has 0 radical (unpaired) electrons. The number of amides is 4. The van der Waals surface area contributed by atoms with E-state index in [0.29, 0.717) is 53.5 Å². The molecule has 3 saturated carbocycles. The topological polar surface area (TPSA) is 233 Å². The molecule has 1 aromatic heterocycles. The van der Waals surface area contributed by atoms with Crippen LogP contribution in [0.2, 0.25) is 0 Å². The Morgan fingerprint density at radius 2 is 1.58 bits per heavy atom. The molecule has 3 aliphatic carbocycles. The second-order valence-electron chi connectivity index (χ2n) is 16.3. The van der Waals surface area contributed by atoms with Gasteiger partial charge in [-0.2, -0.15) is 15.6 Å². The molecule has 0 bridgehead atoms. The van der Waals surface area contributed by atoms with E-state index >= 15 is 0 Å². The number of rotatable bonds is 13. The number of carbonyl (C=O) groups excluding carboxylic acids is 4. The lowest BCUT2D eigenvalue weighted by molar-refractivity contribution is -0.141. The fraction of sp³-hybridized carbons (Fsp3) is 0.442. The number of nitrogens with zero attached hydrogens (tertiary/aromatic N) is 5. The summed E-state index contributed by atoms with van der Waals surface area (Å²) in [5.74, 6) is -3.36. The Bertz CT molecular complexity index is 2460. The van der Waals surface area contributed by atoms with E-state index in [1.807, 2.05) is 0 Å². The van der Waals surface area contributed by atoms with Gasteiger partial charge in [-0.05, 0) is 86.3 Å². The van der Waals surface area contributed by atoms with Crippen molar-refractivity contribution in [1.29, 1.82) is 10.5 Å². The minimum atomic E-state index is -3.97. The van der Waals surface area contributed by atoms with E-state index in [1.165, 1.54) is 21.9 Å². The highest BCUT2D eigenvalue weighted by molar-refractivity contribution is 7.91. The maximum Gasteiger partial charge on any atom is 0.408 e. The van der Waals surface area contributed by atoms with Crippen molar-refractivity contribution in [3.8, 4) is 34.4 Å². The second kappa shape index (κ2) is 16.7. The van der Waals surface area contributed by atoms with E-state index in [-0.39, 0.29) is 31.1 Å². The largest absolute Gasteiger partial charge is 0.446 e. The van der Waals surface area contributed by atoms with Crippen LogP contribution < -0.4 is 20.9 Å². The summed E-state index contributed by atoms with van der Waals surface area (Å²) in [6.07, 6.45) is 5.94. The summed E-state index contributed by atoms with van der Waals surface area (Å²) in [7, 11) is -3.97. The third-order valence-corrected chi connectivity index (χ3v) is 13.7. The number of likely N-dealkylation sites (tertiary alicyclic amines) is 1. The van der Waals surface area contributed by atoms with Crippen molar-refractivity contribution in [2.75, 3.05) is 6.54 Å². The van der Waals surface area contributed by atoms with Gasteiger partial charge in [0.25, 0.3) is 11.5 Å². The minimum Gasteiger partial charge on any atom is -0.446 e. The van der Waals surface area contributed by atoms with Gasteiger partial charge in [0.05, 0.1) is 46.3 Å². The number of nitriles is 2. The van der Waals surface area contributed by atoms with Crippen LogP contribution in [0.4, 0.5) is 4.79 Å². The number of carbonyl (C=O) groups is 4. The fourth-order valence-electron chi connectivity index (χ4n) is 8.17. The van der Waals surface area contributed by atoms with Gasteiger partial charge in [-0.15, -0.1) is 6.58 Å². The molecule has 60 heavy (non-hydrogen) atoms. The molecular weight excluding hydrogens is 789 g/mol. The summed E-state index contributed by atoms with van der Waals surface area (Å²) in [6.45, 7) is 7.04. The Morgan fingerprint density at radius 1 is 0.967 bits per heavy atom. The summed E-state index contributed by atoms with van der Waals surface area (Å²) in [4.78, 5) is 71.8. The maximum atomic E-state index is 14.7. The molecule has 16 nitrogen and oxygen atoms in total. The average Bonchev–Trinajstić information content (AvgIpc) is 4.12. The van der Waals surface area contributed by atoms with Gasteiger partial charge in [0.15, 0.2) is 0 Å². The van der Waals surface area contributed by atoms with Crippen molar-refractivity contribution in [3.63, 3.8) is 0 Å². The summed E-state index contributed by atoms with van der Waals surface area (Å²) >= 11 is 0. The van der Waals surface area contributed by atoms with E-state index in [1.54, 1.807) is 62.4 Å². The standard InChI is InChI=1S/C43H46N8O8S/c1-4-30-20-43(30,41(55)49-60(57,58)33-17-18-33)48-38(52)35-19-31(24-50(35)40(54)37(25(2)3)47-42(56)59-32-7-5-6-8-32)51-39(53)36(29-15-11-27(22-45)12-16-29)34(23-46-51)28-13-9-26(21-44)10-14-28/h4,9-16,23,25,30-33,35,37H,1,5-8,17-20,24H2,2-3H3,(H,47,56)(H,48,52)(H,49,55)/t30-,31-,35+,37+,43-/m1/s1. The first kappa shape index (κ1) is 41.8. The SMILES string of the molecule is C=C[C@@H]1C[C@]1(NC(=O)[C@@H]1C[C@@H](n2ncc(-c3ccc(C#N)cc3)c(-c3ccc(C#N)cc3)c2=O)CN1C(=O)[C@@H](NC(=O)OC1CCCC1)C(C)C)C(=O)NS(=O)(=O)C1CC1. The lowest BCUT2D eigenvalue weighted by Crippen LogP contribution is -2.59. The molecule has 2 heterocycles. The smallest absolute Gasteiger partial charge is 0.408 e. The lowest BCUT2D eigenvalue weighted by Gasteiger charge is -2.31. The molecule has 4 fully saturated rings. The third-order valence-electron chi connectivity index (χ3n) is 11.9. The Labute approximate surface area is 347 Å². The van der Waals surface area contributed by atoms with Crippen LogP contribution in [-0.4, -0.2) is 82.4 Å². The Kier molecular flexibility index (Phi) is 11.7. The Morgan fingerprint density at radius 3 is 2.13 bits per heavy atom. The summed E-state index contributed by atoms with van der Waals surface area (Å²) in [5, 5.41) is 28.2. The molecule has 3 N–H and O–H groups in total. The first-order valence-corrected chi connectivity index (χ1v) is 21.7. The van der Waals surface area contributed by atoms with Gasteiger partial charge >= 0.3 is 6.09 Å². The molecule has 0 spiro atoms. The molecule has 5 atom stereocenters.